The molecule has 5 rings (SSSR count). The molecule has 1 aliphatic heterocycles. The zero-order valence-corrected chi connectivity index (χ0v) is 21.1. The number of pyridine rings is 1. The average molecular weight is 499 g/mol. The Kier molecular flexibility index (Phi) is 6.26. The van der Waals surface area contributed by atoms with Gasteiger partial charge in [0.25, 0.3) is 0 Å². The number of likely N-dealkylation sites (N-methyl/N-ethyl adjacent to an activating group) is 1. The lowest BCUT2D eigenvalue weighted by molar-refractivity contribution is 0.313. The topological polar surface area (TPSA) is 119 Å². The second-order valence-corrected chi connectivity index (χ2v) is 11.7. The van der Waals surface area contributed by atoms with Gasteiger partial charge >= 0.3 is 0 Å². The van der Waals surface area contributed by atoms with Gasteiger partial charge in [-0.1, -0.05) is 30.3 Å². The molecule has 0 atom stereocenters. The van der Waals surface area contributed by atoms with Crippen LogP contribution in [0.1, 0.15) is 16.7 Å². The fourth-order valence-corrected chi connectivity index (χ4v) is 4.73. The summed E-state index contributed by atoms with van der Waals surface area (Å²) in [4.78, 5) is 15.8. The van der Waals surface area contributed by atoms with E-state index in [2.05, 4.69) is 60.1 Å². The number of nitriles is 1. The first kappa shape index (κ1) is 23.7. The van der Waals surface area contributed by atoms with Gasteiger partial charge < -0.3 is 15.5 Å². The molecular formula is C26H26N8OS. The second-order valence-electron chi connectivity index (χ2n) is 9.11. The third kappa shape index (κ3) is 5.27. The Hall–Kier alpha value is -4.07. The molecule has 0 fully saturated rings. The third-order valence-electron chi connectivity index (χ3n) is 5.85. The fourth-order valence-electron chi connectivity index (χ4n) is 4.19. The van der Waals surface area contributed by atoms with Gasteiger partial charge in [-0.15, -0.1) is 0 Å². The second kappa shape index (κ2) is 9.53. The summed E-state index contributed by atoms with van der Waals surface area (Å²) in [5, 5.41) is 17.8. The SMILES string of the molecule is CN1CCc2ccc(Nc3ncc(C#N)c(Nc4nc(N=S(C)(C)=O)cc5ccccc45)n3)cc2C1. The first-order chi connectivity index (χ1) is 17.3. The van der Waals surface area contributed by atoms with Crippen LogP contribution in [0.3, 0.4) is 0 Å². The number of aromatic nitrogens is 3. The molecule has 0 radical (unpaired) electrons. The molecule has 0 saturated heterocycles. The summed E-state index contributed by atoms with van der Waals surface area (Å²) in [6.07, 6.45) is 5.63. The zero-order valence-electron chi connectivity index (χ0n) is 20.3. The molecule has 182 valence electrons. The first-order valence-electron chi connectivity index (χ1n) is 11.5. The number of nitrogens with one attached hydrogen (secondary N) is 2. The predicted molar refractivity (Wildman–Crippen MR) is 144 cm³/mol. The van der Waals surface area contributed by atoms with Crippen molar-refractivity contribution in [2.45, 2.75) is 13.0 Å². The van der Waals surface area contributed by atoms with E-state index >= 15 is 0 Å². The molecule has 0 unspecified atom stereocenters. The molecule has 3 heterocycles. The highest BCUT2D eigenvalue weighted by Gasteiger charge is 2.15. The lowest BCUT2D eigenvalue weighted by atomic mass is 9.99. The highest BCUT2D eigenvalue weighted by atomic mass is 32.2. The van der Waals surface area contributed by atoms with Crippen molar-refractivity contribution < 1.29 is 4.21 Å². The number of hydrogen-bond acceptors (Lipinski definition) is 9. The van der Waals surface area contributed by atoms with Crippen molar-refractivity contribution in [2.24, 2.45) is 4.36 Å². The summed E-state index contributed by atoms with van der Waals surface area (Å²) >= 11 is 0. The van der Waals surface area contributed by atoms with Crippen molar-refractivity contribution in [2.75, 3.05) is 36.7 Å². The van der Waals surface area contributed by atoms with Crippen LogP contribution in [0.15, 0.2) is 59.1 Å². The van der Waals surface area contributed by atoms with E-state index in [-0.39, 0.29) is 5.56 Å². The monoisotopic (exact) mass is 498 g/mol. The highest BCUT2D eigenvalue weighted by Crippen LogP contribution is 2.30. The van der Waals surface area contributed by atoms with Crippen LogP contribution in [0, 0.1) is 11.3 Å². The molecule has 0 bridgehead atoms. The molecule has 0 spiro atoms. The molecule has 36 heavy (non-hydrogen) atoms. The van der Waals surface area contributed by atoms with E-state index in [0.717, 1.165) is 36.0 Å². The number of hydrogen-bond donors (Lipinski definition) is 2. The maximum absolute atomic E-state index is 12.3. The summed E-state index contributed by atoms with van der Waals surface area (Å²) in [6, 6.07) is 17.9. The van der Waals surface area contributed by atoms with Crippen molar-refractivity contribution in [1.29, 1.82) is 5.26 Å². The van der Waals surface area contributed by atoms with E-state index in [1.165, 1.54) is 17.3 Å². The van der Waals surface area contributed by atoms with Crippen molar-refractivity contribution in [3.8, 4) is 6.07 Å². The van der Waals surface area contributed by atoms with Crippen molar-refractivity contribution >= 4 is 49.6 Å². The Balaban J connectivity index is 1.50. The Bertz CT molecular complexity index is 1630. The molecule has 0 amide bonds. The van der Waals surface area contributed by atoms with Crippen LogP contribution in [0.2, 0.25) is 0 Å². The van der Waals surface area contributed by atoms with Crippen LogP contribution in [-0.4, -0.2) is 50.2 Å². The van der Waals surface area contributed by atoms with Crippen LogP contribution < -0.4 is 10.6 Å². The van der Waals surface area contributed by atoms with Gasteiger partial charge in [0.05, 0.1) is 6.20 Å². The molecular weight excluding hydrogens is 472 g/mol. The van der Waals surface area contributed by atoms with Crippen LogP contribution in [0.4, 0.5) is 29.1 Å². The van der Waals surface area contributed by atoms with E-state index < -0.39 is 9.73 Å². The quantitative estimate of drug-likeness (QED) is 0.405. The standard InChI is InChI=1S/C26H26N8OS/c1-34-11-10-17-8-9-21(12-19(17)16-34)29-26-28-15-20(14-27)24(32-26)31-25-22-7-5-4-6-18(22)13-23(30-25)33-36(2,3)35/h4-9,12-13,15H,10-11,16H2,1-3H3,(H2,28,29,30,31,32). The third-order valence-corrected chi connectivity index (χ3v) is 6.48. The zero-order chi connectivity index (χ0) is 25.3. The Morgan fingerprint density at radius 1 is 1.06 bits per heavy atom. The molecule has 0 aliphatic carbocycles. The van der Waals surface area contributed by atoms with E-state index in [1.54, 1.807) is 18.6 Å². The lowest BCUT2D eigenvalue weighted by Crippen LogP contribution is -2.26. The first-order valence-corrected chi connectivity index (χ1v) is 13.8. The van der Waals surface area contributed by atoms with Crippen molar-refractivity contribution in [3.05, 3.63) is 71.4 Å². The summed E-state index contributed by atoms with van der Waals surface area (Å²) in [5.41, 5.74) is 3.79. The van der Waals surface area contributed by atoms with Gasteiger partial charge in [-0.05, 0) is 48.2 Å². The minimum absolute atomic E-state index is 0.274. The van der Waals surface area contributed by atoms with E-state index in [1.807, 2.05) is 30.3 Å². The van der Waals surface area contributed by atoms with E-state index in [9.17, 15) is 9.47 Å². The summed E-state index contributed by atoms with van der Waals surface area (Å²) in [5.74, 6) is 1.48. The van der Waals surface area contributed by atoms with Crippen molar-refractivity contribution in [3.63, 3.8) is 0 Å². The molecule has 1 aliphatic rings. The Labute approximate surface area is 210 Å². The minimum Gasteiger partial charge on any atom is -0.324 e. The van der Waals surface area contributed by atoms with Gasteiger partial charge in [-0.2, -0.15) is 14.6 Å². The number of benzene rings is 2. The molecule has 0 saturated carbocycles. The number of nitrogens with zero attached hydrogens (tertiary/aromatic N) is 6. The van der Waals surface area contributed by atoms with Gasteiger partial charge in [-0.25, -0.2) is 14.2 Å². The van der Waals surface area contributed by atoms with Gasteiger partial charge in [0.1, 0.15) is 17.5 Å². The van der Waals surface area contributed by atoms with Gasteiger partial charge in [0.2, 0.25) is 5.95 Å². The molecule has 2 N–H and O–H groups in total. The Morgan fingerprint density at radius 3 is 2.69 bits per heavy atom. The fraction of sp³-hybridized carbons (Fsp3) is 0.231. The lowest BCUT2D eigenvalue weighted by Gasteiger charge is -2.25. The normalized spacial score (nSPS) is 13.6. The number of anilines is 4. The average Bonchev–Trinajstić information content (AvgIpc) is 2.83. The predicted octanol–water partition coefficient (Wildman–Crippen LogP) is 4.73. The summed E-state index contributed by atoms with van der Waals surface area (Å²) < 4.78 is 16.5. The Morgan fingerprint density at radius 2 is 1.89 bits per heavy atom. The maximum Gasteiger partial charge on any atom is 0.229 e. The maximum atomic E-state index is 12.3. The molecule has 2 aromatic carbocycles. The van der Waals surface area contributed by atoms with Crippen LogP contribution in [-0.2, 0) is 22.7 Å². The van der Waals surface area contributed by atoms with Gasteiger partial charge in [0, 0.05) is 46.4 Å². The molecule has 4 aromatic rings. The van der Waals surface area contributed by atoms with Crippen molar-refractivity contribution in [1.82, 2.24) is 19.9 Å². The van der Waals surface area contributed by atoms with Crippen LogP contribution in [0.25, 0.3) is 10.8 Å². The smallest absolute Gasteiger partial charge is 0.229 e. The number of fused-ring (bicyclic) bond motifs is 2. The molecule has 10 heteroatoms. The highest BCUT2D eigenvalue weighted by molar-refractivity contribution is 7.92. The number of rotatable bonds is 5. The van der Waals surface area contributed by atoms with Gasteiger partial charge in [-0.3, -0.25) is 0 Å². The van der Waals surface area contributed by atoms with E-state index in [4.69, 9.17) is 0 Å². The van der Waals surface area contributed by atoms with E-state index in [0.29, 0.717) is 23.4 Å². The summed E-state index contributed by atoms with van der Waals surface area (Å²) in [6.45, 7) is 1.95. The largest absolute Gasteiger partial charge is 0.324 e. The van der Waals surface area contributed by atoms with Crippen LogP contribution in [0.5, 0.6) is 0 Å². The summed E-state index contributed by atoms with van der Waals surface area (Å²) in [7, 11) is -0.291. The molecule has 2 aromatic heterocycles. The minimum atomic E-state index is -2.41. The van der Waals surface area contributed by atoms with Gasteiger partial charge in [0.15, 0.2) is 11.6 Å². The van der Waals surface area contributed by atoms with Crippen LogP contribution >= 0.6 is 0 Å². The molecule has 9 nitrogen and oxygen atoms in total.